The van der Waals surface area contributed by atoms with Crippen molar-refractivity contribution < 1.29 is 28.4 Å². The van der Waals surface area contributed by atoms with Gasteiger partial charge in [-0.2, -0.15) is 0 Å². The molecule has 156 valence electrons. The highest BCUT2D eigenvalue weighted by atomic mass is 16.7. The van der Waals surface area contributed by atoms with E-state index < -0.39 is 0 Å². The van der Waals surface area contributed by atoms with Crippen LogP contribution in [0.5, 0.6) is 0 Å². The number of hydrogen-bond acceptors (Lipinski definition) is 6. The molecule has 0 N–H and O–H groups in total. The van der Waals surface area contributed by atoms with Crippen molar-refractivity contribution in [2.24, 2.45) is 0 Å². The molecule has 9 aliphatic rings. The van der Waals surface area contributed by atoms with Gasteiger partial charge in [0.1, 0.15) is 20.4 Å². The zero-order valence-corrected chi connectivity index (χ0v) is 16.6. The second-order valence-electron chi connectivity index (χ2n) is 11.0. The van der Waals surface area contributed by atoms with Gasteiger partial charge < -0.3 is 28.4 Å². The molecule has 6 heteroatoms. The molecule has 0 aromatic heterocycles. The Morgan fingerprint density at radius 3 is 0.733 bits per heavy atom. The first kappa shape index (κ1) is 15.7. The number of benzene rings is 1. The SMILES string of the molecule is C1O[C@@H]2[C@H](O1)[C@@H]1C[C@H]2c2c1c1c(c3c2[C@H]2C[C@@H]3[C@@H]3OCO[C@@H]32)[C@@H]2C[C@H]1[C@H]1OCO[C@H]12. The van der Waals surface area contributed by atoms with Crippen LogP contribution in [0.15, 0.2) is 0 Å². The fourth-order valence-corrected chi connectivity index (χ4v) is 9.81. The van der Waals surface area contributed by atoms with Gasteiger partial charge in [-0.3, -0.25) is 0 Å². The second kappa shape index (κ2) is 4.82. The van der Waals surface area contributed by atoms with E-state index in [1.807, 2.05) is 0 Å². The maximum atomic E-state index is 6.12. The summed E-state index contributed by atoms with van der Waals surface area (Å²) in [5.41, 5.74) is 9.86. The van der Waals surface area contributed by atoms with Gasteiger partial charge in [-0.25, -0.2) is 0 Å². The van der Waals surface area contributed by atoms with Crippen LogP contribution in [0, 0.1) is 0 Å². The van der Waals surface area contributed by atoms with Crippen molar-refractivity contribution in [3.8, 4) is 0 Å². The monoisotopic (exact) mass is 408 g/mol. The average molecular weight is 408 g/mol. The van der Waals surface area contributed by atoms with Crippen LogP contribution in [0.25, 0.3) is 0 Å². The molecule has 3 saturated carbocycles. The Kier molecular flexibility index (Phi) is 2.53. The third-order valence-corrected chi connectivity index (χ3v) is 10.4. The summed E-state index contributed by atoms with van der Waals surface area (Å²) < 4.78 is 36.7. The average Bonchev–Trinajstić information content (AvgIpc) is 3.58. The summed E-state index contributed by atoms with van der Waals surface area (Å²) in [6.45, 7) is 1.38. The van der Waals surface area contributed by atoms with E-state index in [0.29, 0.717) is 55.9 Å². The van der Waals surface area contributed by atoms with Crippen LogP contribution in [0.1, 0.15) is 88.2 Å². The van der Waals surface area contributed by atoms with E-state index in [1.54, 1.807) is 33.4 Å². The quantitative estimate of drug-likeness (QED) is 0.658. The van der Waals surface area contributed by atoms with Gasteiger partial charge in [0, 0.05) is 35.5 Å². The molecule has 10 rings (SSSR count). The van der Waals surface area contributed by atoms with E-state index in [1.165, 1.54) is 19.3 Å². The van der Waals surface area contributed by atoms with E-state index in [0.717, 1.165) is 0 Å². The number of fused-ring (bicyclic) bond motifs is 27. The molecule has 1 aromatic carbocycles. The van der Waals surface area contributed by atoms with Crippen molar-refractivity contribution in [2.75, 3.05) is 20.4 Å². The fourth-order valence-electron chi connectivity index (χ4n) is 9.81. The maximum Gasteiger partial charge on any atom is 0.147 e. The highest BCUT2D eigenvalue weighted by Gasteiger charge is 2.66. The lowest BCUT2D eigenvalue weighted by Crippen LogP contribution is -2.37. The Bertz CT molecular complexity index is 814. The molecule has 6 aliphatic carbocycles. The Morgan fingerprint density at radius 1 is 0.333 bits per heavy atom. The predicted molar refractivity (Wildman–Crippen MR) is 101 cm³/mol. The normalized spacial score (nSPS) is 56.4. The number of rotatable bonds is 0. The molecule has 0 unspecified atom stereocenters. The summed E-state index contributed by atoms with van der Waals surface area (Å²) in [5, 5.41) is 0. The van der Waals surface area contributed by atoms with Crippen molar-refractivity contribution in [3.05, 3.63) is 33.4 Å². The molecule has 3 heterocycles. The second-order valence-corrected chi connectivity index (χ2v) is 11.0. The van der Waals surface area contributed by atoms with Gasteiger partial charge in [-0.15, -0.1) is 0 Å². The van der Waals surface area contributed by atoms with Gasteiger partial charge in [0.15, 0.2) is 0 Å². The first-order chi connectivity index (χ1) is 14.9. The molecule has 0 radical (unpaired) electrons. The Morgan fingerprint density at radius 2 is 0.533 bits per heavy atom. The van der Waals surface area contributed by atoms with Crippen LogP contribution in [0.4, 0.5) is 0 Å². The first-order valence-corrected chi connectivity index (χ1v) is 11.8. The highest BCUT2D eigenvalue weighted by molar-refractivity contribution is 5.69. The molecule has 0 amide bonds. The van der Waals surface area contributed by atoms with Crippen LogP contribution < -0.4 is 0 Å². The van der Waals surface area contributed by atoms with Gasteiger partial charge in [-0.05, 0) is 52.6 Å². The molecular formula is C24H24O6. The summed E-state index contributed by atoms with van der Waals surface area (Å²) in [6, 6.07) is 0. The van der Waals surface area contributed by atoms with Crippen LogP contribution >= 0.6 is 0 Å². The van der Waals surface area contributed by atoms with Crippen LogP contribution in [-0.4, -0.2) is 57.0 Å². The summed E-state index contributed by atoms with van der Waals surface area (Å²) in [4.78, 5) is 0. The van der Waals surface area contributed by atoms with Crippen LogP contribution in [-0.2, 0) is 28.4 Å². The minimum atomic E-state index is 0.248. The summed E-state index contributed by atoms with van der Waals surface area (Å²) in [5.74, 6) is 2.96. The molecule has 6 nitrogen and oxygen atoms in total. The van der Waals surface area contributed by atoms with Gasteiger partial charge in [0.25, 0.3) is 0 Å². The van der Waals surface area contributed by atoms with Gasteiger partial charge in [0.2, 0.25) is 0 Å². The summed E-state index contributed by atoms with van der Waals surface area (Å²) in [6.07, 6.45) is 5.07. The standard InChI is InChI=1S/C24H24O6/c1-7-13-14(8(1)20-19(7)25-4-26-20)16-10-3-12(24-22(10)28-6-30-24)18(16)17-11-2-9(15(13)17)21-23(11)29-5-27-21/h7-12,19-24H,1-6H2/t7-,8+,9-,10-,11+,12+,19-,20+,21-,22-,23+,24+. The topological polar surface area (TPSA) is 55.4 Å². The van der Waals surface area contributed by atoms with Crippen molar-refractivity contribution >= 4 is 0 Å². The van der Waals surface area contributed by atoms with Crippen molar-refractivity contribution in [3.63, 3.8) is 0 Å². The van der Waals surface area contributed by atoms with Crippen molar-refractivity contribution in [2.45, 2.75) is 91.4 Å². The molecule has 1 aromatic rings. The van der Waals surface area contributed by atoms with Crippen molar-refractivity contribution in [1.82, 2.24) is 0 Å². The highest BCUT2D eigenvalue weighted by Crippen LogP contribution is 2.71. The molecule has 3 aliphatic heterocycles. The minimum Gasteiger partial charge on any atom is -0.349 e. The Hall–Kier alpha value is -1.02. The smallest absolute Gasteiger partial charge is 0.147 e. The number of ether oxygens (including phenoxy) is 6. The Labute approximate surface area is 174 Å². The predicted octanol–water partition coefficient (Wildman–Crippen LogP) is 2.66. The lowest BCUT2D eigenvalue weighted by molar-refractivity contribution is 0.0233. The summed E-state index contributed by atoms with van der Waals surface area (Å²) >= 11 is 0. The first-order valence-electron chi connectivity index (χ1n) is 11.8. The van der Waals surface area contributed by atoms with Crippen LogP contribution in [0.2, 0.25) is 0 Å². The molecule has 6 bridgehead atoms. The molecular weight excluding hydrogens is 384 g/mol. The zero-order chi connectivity index (χ0) is 18.9. The van der Waals surface area contributed by atoms with E-state index in [2.05, 4.69) is 0 Å². The lowest BCUT2D eigenvalue weighted by Gasteiger charge is -2.39. The van der Waals surface area contributed by atoms with Gasteiger partial charge in [-0.1, -0.05) is 0 Å². The van der Waals surface area contributed by atoms with E-state index in [9.17, 15) is 0 Å². The zero-order valence-electron chi connectivity index (χ0n) is 16.6. The molecule has 30 heavy (non-hydrogen) atoms. The summed E-state index contributed by atoms with van der Waals surface area (Å²) in [7, 11) is 0. The largest absolute Gasteiger partial charge is 0.349 e. The third kappa shape index (κ3) is 1.43. The molecule has 12 atom stereocenters. The molecule has 6 fully saturated rings. The number of hydrogen-bond donors (Lipinski definition) is 0. The minimum absolute atomic E-state index is 0.248. The van der Waals surface area contributed by atoms with Gasteiger partial charge >= 0.3 is 0 Å². The van der Waals surface area contributed by atoms with Crippen molar-refractivity contribution in [1.29, 1.82) is 0 Å². The lowest BCUT2D eigenvalue weighted by atomic mass is 9.69. The fraction of sp³-hybridized carbons (Fsp3) is 0.750. The maximum absolute atomic E-state index is 6.12. The van der Waals surface area contributed by atoms with E-state index >= 15 is 0 Å². The van der Waals surface area contributed by atoms with E-state index in [4.69, 9.17) is 28.4 Å². The molecule has 3 saturated heterocycles. The Balaban J connectivity index is 1.29. The third-order valence-electron chi connectivity index (χ3n) is 10.4. The van der Waals surface area contributed by atoms with Crippen LogP contribution in [0.3, 0.4) is 0 Å². The van der Waals surface area contributed by atoms with E-state index in [-0.39, 0.29) is 36.6 Å². The van der Waals surface area contributed by atoms with Gasteiger partial charge in [0.05, 0.1) is 36.6 Å². The molecule has 0 spiro atoms.